The van der Waals surface area contributed by atoms with Crippen molar-refractivity contribution in [3.8, 4) is 0 Å². The van der Waals surface area contributed by atoms with Gasteiger partial charge in [-0.2, -0.15) is 11.8 Å². The molecule has 5 rings (SSSR count). The van der Waals surface area contributed by atoms with Gasteiger partial charge in [0.05, 0.1) is 23.2 Å². The highest BCUT2D eigenvalue weighted by Crippen LogP contribution is 2.53. The molecule has 1 aliphatic carbocycles. The van der Waals surface area contributed by atoms with Crippen LogP contribution in [0.4, 0.5) is 0 Å². The second-order valence-electron chi connectivity index (χ2n) is 11.7. The average Bonchev–Trinajstić information content (AvgIpc) is 3.70. The number of pyridine rings is 1. The first-order valence-corrected chi connectivity index (χ1v) is 15.5. The molecule has 1 saturated carbocycles. The topological polar surface area (TPSA) is 70.4 Å². The lowest BCUT2D eigenvalue weighted by Crippen LogP contribution is -2.18. The summed E-state index contributed by atoms with van der Waals surface area (Å²) in [5, 5.41) is 22.1. The lowest BCUT2D eigenvalue weighted by atomic mass is 9.90. The van der Waals surface area contributed by atoms with Crippen molar-refractivity contribution in [1.29, 1.82) is 0 Å². The molecule has 0 radical (unpaired) electrons. The minimum absolute atomic E-state index is 0.0814. The van der Waals surface area contributed by atoms with Crippen LogP contribution in [0.5, 0.6) is 0 Å². The number of hydrogen-bond acceptors (Lipinski definition) is 4. The third-order valence-electron chi connectivity index (χ3n) is 7.83. The second-order valence-corrected chi connectivity index (χ2v) is 13.3. The number of aryl methyl sites for hydroxylation is 1. The van der Waals surface area contributed by atoms with Gasteiger partial charge in [0.1, 0.15) is 0 Å². The summed E-state index contributed by atoms with van der Waals surface area (Å²) in [5.74, 6) is 0.122. The predicted octanol–water partition coefficient (Wildman–Crippen LogP) is 8.95. The lowest BCUT2D eigenvalue weighted by Gasteiger charge is -2.24. The molecular weight excluding hydrogens is 550 g/mol. The molecule has 4 nitrogen and oxygen atoms in total. The number of fused-ring (bicyclic) bond motifs is 1. The van der Waals surface area contributed by atoms with Crippen molar-refractivity contribution in [2.24, 2.45) is 5.41 Å². The SMILES string of the molecule is CC(C)(O)c1ccccc1CCC(SCC1(CC(=O)O)CC1)c1cccc(/C=C/c2ccc3ccc(Cl)cc3n2)c1. The van der Waals surface area contributed by atoms with Crippen molar-refractivity contribution in [2.75, 3.05) is 5.75 Å². The number of thioether (sulfide) groups is 1. The van der Waals surface area contributed by atoms with Gasteiger partial charge in [0.25, 0.3) is 0 Å². The number of halogens is 1. The van der Waals surface area contributed by atoms with E-state index in [4.69, 9.17) is 16.6 Å². The van der Waals surface area contributed by atoms with Gasteiger partial charge in [0, 0.05) is 21.4 Å². The number of aliphatic hydroxyl groups is 1. The largest absolute Gasteiger partial charge is 0.481 e. The maximum Gasteiger partial charge on any atom is 0.303 e. The first-order valence-electron chi connectivity index (χ1n) is 14.1. The average molecular weight is 586 g/mol. The Morgan fingerprint density at radius 2 is 1.83 bits per heavy atom. The van der Waals surface area contributed by atoms with E-state index >= 15 is 0 Å². The second kappa shape index (κ2) is 12.4. The van der Waals surface area contributed by atoms with Crippen LogP contribution in [0.3, 0.4) is 0 Å². The molecule has 1 aromatic heterocycles. The summed E-state index contributed by atoms with van der Waals surface area (Å²) < 4.78 is 0. The summed E-state index contributed by atoms with van der Waals surface area (Å²) in [4.78, 5) is 16.2. The van der Waals surface area contributed by atoms with Gasteiger partial charge in [-0.1, -0.05) is 78.3 Å². The number of aliphatic carboxylic acids is 1. The molecule has 0 bridgehead atoms. The molecule has 0 spiro atoms. The molecule has 41 heavy (non-hydrogen) atoms. The maximum atomic E-state index is 11.5. The Kier molecular flexibility index (Phi) is 8.88. The number of aromatic nitrogens is 1. The first kappa shape index (κ1) is 29.4. The van der Waals surface area contributed by atoms with Crippen molar-refractivity contribution in [3.05, 3.63) is 112 Å². The van der Waals surface area contributed by atoms with Gasteiger partial charge in [0.2, 0.25) is 0 Å². The zero-order chi connectivity index (χ0) is 29.0. The minimum atomic E-state index is -0.911. The highest BCUT2D eigenvalue weighted by Gasteiger charge is 2.44. The number of carboxylic acid groups (broad SMARTS) is 1. The molecule has 1 aliphatic rings. The van der Waals surface area contributed by atoms with E-state index in [0.29, 0.717) is 5.02 Å². The molecule has 1 heterocycles. The molecule has 0 aliphatic heterocycles. The Bertz CT molecular complexity index is 1570. The monoisotopic (exact) mass is 585 g/mol. The summed E-state index contributed by atoms with van der Waals surface area (Å²) in [6.45, 7) is 3.66. The van der Waals surface area contributed by atoms with E-state index in [0.717, 1.165) is 64.7 Å². The maximum absolute atomic E-state index is 11.5. The van der Waals surface area contributed by atoms with E-state index in [1.54, 1.807) is 0 Å². The van der Waals surface area contributed by atoms with Crippen LogP contribution in [0.2, 0.25) is 5.02 Å². The van der Waals surface area contributed by atoms with E-state index in [1.807, 2.05) is 74.1 Å². The van der Waals surface area contributed by atoms with Gasteiger partial charge < -0.3 is 10.2 Å². The van der Waals surface area contributed by atoms with Crippen LogP contribution < -0.4 is 0 Å². The fourth-order valence-electron chi connectivity index (χ4n) is 5.36. The van der Waals surface area contributed by atoms with Crippen LogP contribution in [-0.2, 0) is 16.8 Å². The fraction of sp³-hybridized carbons (Fsp3) is 0.314. The number of hydrogen-bond donors (Lipinski definition) is 2. The third-order valence-corrected chi connectivity index (χ3v) is 9.76. The van der Waals surface area contributed by atoms with Crippen molar-refractivity contribution in [2.45, 2.75) is 56.8 Å². The third kappa shape index (κ3) is 7.79. The summed E-state index contributed by atoms with van der Waals surface area (Å²) in [6.07, 6.45) is 8.02. The standard InChI is InChI=1S/C35H36ClNO3S/c1-34(2,40)30-9-4-3-7-25(30)13-17-32(41-23-35(18-19-35)22-33(38)39)27-8-5-6-24(20-27)10-15-29-16-12-26-11-14-28(36)21-31(26)37-29/h3-12,14-16,20-21,32,40H,13,17-19,22-23H2,1-2H3,(H,38,39)/b15-10+. The molecule has 0 saturated heterocycles. The van der Waals surface area contributed by atoms with Crippen LogP contribution in [0, 0.1) is 5.41 Å². The molecule has 6 heteroatoms. The van der Waals surface area contributed by atoms with Crippen molar-refractivity contribution in [3.63, 3.8) is 0 Å². The van der Waals surface area contributed by atoms with Gasteiger partial charge in [-0.3, -0.25) is 4.79 Å². The minimum Gasteiger partial charge on any atom is -0.481 e. The van der Waals surface area contributed by atoms with Crippen LogP contribution in [0.15, 0.2) is 78.9 Å². The molecule has 0 amide bonds. The van der Waals surface area contributed by atoms with Gasteiger partial charge in [-0.05, 0) is 91.5 Å². The molecule has 1 atom stereocenters. The molecule has 3 aromatic carbocycles. The zero-order valence-corrected chi connectivity index (χ0v) is 25.1. The van der Waals surface area contributed by atoms with E-state index in [2.05, 4.69) is 42.5 Å². The van der Waals surface area contributed by atoms with Gasteiger partial charge >= 0.3 is 5.97 Å². The summed E-state index contributed by atoms with van der Waals surface area (Å²) in [7, 11) is 0. The number of benzene rings is 3. The summed E-state index contributed by atoms with van der Waals surface area (Å²) in [5.41, 5.74) is 5.15. The Labute approximate surface area is 251 Å². The van der Waals surface area contributed by atoms with E-state index in [1.165, 1.54) is 5.56 Å². The van der Waals surface area contributed by atoms with Gasteiger partial charge in [-0.25, -0.2) is 4.98 Å². The number of carbonyl (C=O) groups is 1. The number of rotatable bonds is 12. The molecule has 212 valence electrons. The van der Waals surface area contributed by atoms with E-state index in [-0.39, 0.29) is 17.1 Å². The van der Waals surface area contributed by atoms with Crippen LogP contribution >= 0.6 is 23.4 Å². The fourth-order valence-corrected chi connectivity index (χ4v) is 7.09. The van der Waals surface area contributed by atoms with E-state index < -0.39 is 11.6 Å². The Morgan fingerprint density at radius 3 is 2.59 bits per heavy atom. The van der Waals surface area contributed by atoms with Crippen LogP contribution in [-0.4, -0.2) is 26.9 Å². The molecule has 1 fully saturated rings. The number of nitrogens with zero attached hydrogens (tertiary/aromatic N) is 1. The highest BCUT2D eigenvalue weighted by atomic mass is 35.5. The smallest absolute Gasteiger partial charge is 0.303 e. The number of carboxylic acids is 1. The van der Waals surface area contributed by atoms with Gasteiger partial charge in [0.15, 0.2) is 0 Å². The van der Waals surface area contributed by atoms with E-state index in [9.17, 15) is 15.0 Å². The quantitative estimate of drug-likeness (QED) is 0.174. The zero-order valence-electron chi connectivity index (χ0n) is 23.5. The van der Waals surface area contributed by atoms with Crippen LogP contribution in [0.25, 0.3) is 23.1 Å². The predicted molar refractivity (Wildman–Crippen MR) is 171 cm³/mol. The molecule has 4 aromatic rings. The molecule has 1 unspecified atom stereocenters. The Morgan fingerprint density at radius 1 is 1.05 bits per heavy atom. The Hall–Kier alpha value is -3.12. The first-order chi connectivity index (χ1) is 19.6. The lowest BCUT2D eigenvalue weighted by molar-refractivity contribution is -0.138. The summed E-state index contributed by atoms with van der Waals surface area (Å²) >= 11 is 8.04. The van der Waals surface area contributed by atoms with Crippen molar-refractivity contribution in [1.82, 2.24) is 4.98 Å². The Balaban J connectivity index is 1.37. The molecule has 2 N–H and O–H groups in total. The summed E-state index contributed by atoms with van der Waals surface area (Å²) in [6, 6.07) is 26.5. The van der Waals surface area contributed by atoms with Crippen LogP contribution in [0.1, 0.15) is 72.7 Å². The molecular formula is C35H36ClNO3S. The van der Waals surface area contributed by atoms with Gasteiger partial charge in [-0.15, -0.1) is 0 Å². The van der Waals surface area contributed by atoms with Crippen molar-refractivity contribution < 1.29 is 15.0 Å². The van der Waals surface area contributed by atoms with Crippen molar-refractivity contribution >= 4 is 52.4 Å². The highest BCUT2D eigenvalue weighted by molar-refractivity contribution is 7.99. The normalized spacial score (nSPS) is 15.3.